The number of hydrogen-bond donors (Lipinski definition) is 2. The van der Waals surface area contributed by atoms with Gasteiger partial charge in [-0.05, 0) is 29.7 Å². The van der Waals surface area contributed by atoms with Crippen LogP contribution in [0.4, 0.5) is 0 Å². The number of nitrogens with zero attached hydrogens (tertiary/aromatic N) is 1. The molecule has 19 heavy (non-hydrogen) atoms. The van der Waals surface area contributed by atoms with Crippen LogP contribution in [-0.2, 0) is 0 Å². The maximum atomic E-state index is 6.06. The molecule has 1 aromatic carbocycles. The number of H-pyrrole nitrogens is 1. The lowest BCUT2D eigenvalue weighted by Gasteiger charge is -2.14. The van der Waals surface area contributed by atoms with Crippen molar-refractivity contribution in [3.05, 3.63) is 51.3 Å². The maximum absolute atomic E-state index is 6.06. The van der Waals surface area contributed by atoms with E-state index in [0.29, 0.717) is 22.5 Å². The number of halogens is 2. The normalized spacial score (nSPS) is 12.9. The molecule has 102 valence electrons. The van der Waals surface area contributed by atoms with Crippen LogP contribution in [0.3, 0.4) is 0 Å². The first-order chi connectivity index (χ1) is 9.02. The molecule has 0 aliphatic carbocycles. The standard InChI is InChI=1S/C14H17Cl2N3/c1-8(2)13-6-14(19-18-13)10(7-17)9-3-4-11(15)12(16)5-9/h3-6,8,10H,7,17H2,1-2H3,(H,18,19). The van der Waals surface area contributed by atoms with E-state index < -0.39 is 0 Å². The van der Waals surface area contributed by atoms with Gasteiger partial charge in [0.05, 0.1) is 15.7 Å². The summed E-state index contributed by atoms with van der Waals surface area (Å²) in [6, 6.07) is 7.66. The Balaban J connectivity index is 2.35. The van der Waals surface area contributed by atoms with Gasteiger partial charge in [-0.15, -0.1) is 0 Å². The topological polar surface area (TPSA) is 54.7 Å². The molecule has 3 N–H and O–H groups in total. The molecule has 0 bridgehead atoms. The van der Waals surface area contributed by atoms with Crippen LogP contribution >= 0.6 is 23.2 Å². The van der Waals surface area contributed by atoms with Gasteiger partial charge in [0, 0.05) is 18.2 Å². The lowest BCUT2D eigenvalue weighted by Crippen LogP contribution is -2.14. The highest BCUT2D eigenvalue weighted by Gasteiger charge is 2.17. The summed E-state index contributed by atoms with van der Waals surface area (Å²) < 4.78 is 0. The van der Waals surface area contributed by atoms with E-state index in [0.717, 1.165) is 17.0 Å². The zero-order valence-electron chi connectivity index (χ0n) is 11.0. The lowest BCUT2D eigenvalue weighted by atomic mass is 9.95. The van der Waals surface area contributed by atoms with E-state index in [1.807, 2.05) is 12.1 Å². The second-order valence-electron chi connectivity index (χ2n) is 4.86. The number of nitrogens with two attached hydrogens (primary N) is 1. The Morgan fingerprint density at radius 1 is 1.21 bits per heavy atom. The molecule has 1 heterocycles. The van der Waals surface area contributed by atoms with Crippen LogP contribution in [0.5, 0.6) is 0 Å². The SMILES string of the molecule is CC(C)c1cc(C(CN)c2ccc(Cl)c(Cl)c2)[nH]n1. The number of rotatable bonds is 4. The number of aromatic amines is 1. The van der Waals surface area contributed by atoms with Gasteiger partial charge in [0.25, 0.3) is 0 Å². The monoisotopic (exact) mass is 297 g/mol. The first-order valence-electron chi connectivity index (χ1n) is 6.23. The van der Waals surface area contributed by atoms with E-state index >= 15 is 0 Å². The Kier molecular flexibility index (Phi) is 4.50. The van der Waals surface area contributed by atoms with Gasteiger partial charge < -0.3 is 5.73 Å². The second kappa shape index (κ2) is 5.95. The van der Waals surface area contributed by atoms with E-state index in [1.54, 1.807) is 6.07 Å². The minimum absolute atomic E-state index is 0.0507. The molecular weight excluding hydrogens is 281 g/mol. The molecule has 5 heteroatoms. The number of nitrogens with one attached hydrogen (secondary N) is 1. The van der Waals surface area contributed by atoms with Crippen molar-refractivity contribution in [3.8, 4) is 0 Å². The van der Waals surface area contributed by atoms with Crippen LogP contribution in [0.15, 0.2) is 24.3 Å². The molecule has 0 amide bonds. The van der Waals surface area contributed by atoms with E-state index in [9.17, 15) is 0 Å². The van der Waals surface area contributed by atoms with Crippen molar-refractivity contribution < 1.29 is 0 Å². The number of hydrogen-bond acceptors (Lipinski definition) is 2. The Morgan fingerprint density at radius 3 is 2.47 bits per heavy atom. The van der Waals surface area contributed by atoms with Crippen LogP contribution in [0.25, 0.3) is 0 Å². The van der Waals surface area contributed by atoms with Crippen molar-refractivity contribution in [2.24, 2.45) is 5.73 Å². The van der Waals surface area contributed by atoms with Crippen molar-refractivity contribution in [1.29, 1.82) is 0 Å². The summed E-state index contributed by atoms with van der Waals surface area (Å²) in [5, 5.41) is 8.47. The molecule has 1 atom stereocenters. The van der Waals surface area contributed by atoms with Gasteiger partial charge in [-0.25, -0.2) is 0 Å². The summed E-state index contributed by atoms with van der Waals surface area (Å²) in [5.41, 5.74) is 8.96. The third kappa shape index (κ3) is 3.11. The quantitative estimate of drug-likeness (QED) is 0.898. The Labute approximate surface area is 123 Å². The van der Waals surface area contributed by atoms with Gasteiger partial charge in [0.1, 0.15) is 0 Å². The minimum atomic E-state index is 0.0507. The smallest absolute Gasteiger partial charge is 0.0650 e. The summed E-state index contributed by atoms with van der Waals surface area (Å²) in [4.78, 5) is 0. The summed E-state index contributed by atoms with van der Waals surface area (Å²) in [6.07, 6.45) is 0. The highest BCUT2D eigenvalue weighted by molar-refractivity contribution is 6.42. The fraction of sp³-hybridized carbons (Fsp3) is 0.357. The zero-order valence-corrected chi connectivity index (χ0v) is 12.5. The van der Waals surface area contributed by atoms with Gasteiger partial charge in [0.2, 0.25) is 0 Å². The van der Waals surface area contributed by atoms with Crippen molar-refractivity contribution >= 4 is 23.2 Å². The van der Waals surface area contributed by atoms with E-state index in [1.165, 1.54) is 0 Å². The molecule has 2 rings (SSSR count). The van der Waals surface area contributed by atoms with Gasteiger partial charge in [-0.3, -0.25) is 5.10 Å². The van der Waals surface area contributed by atoms with Gasteiger partial charge in [-0.2, -0.15) is 5.10 Å². The predicted octanol–water partition coefficient (Wildman–Crippen LogP) is 3.93. The molecule has 3 nitrogen and oxygen atoms in total. The van der Waals surface area contributed by atoms with Crippen LogP contribution in [0, 0.1) is 0 Å². The first-order valence-corrected chi connectivity index (χ1v) is 6.98. The number of benzene rings is 1. The van der Waals surface area contributed by atoms with Crippen LogP contribution < -0.4 is 5.73 Å². The predicted molar refractivity (Wildman–Crippen MR) is 80.0 cm³/mol. The van der Waals surface area contributed by atoms with Crippen LogP contribution in [0.1, 0.15) is 42.6 Å². The van der Waals surface area contributed by atoms with E-state index in [4.69, 9.17) is 28.9 Å². The largest absolute Gasteiger partial charge is 0.329 e. The van der Waals surface area contributed by atoms with Crippen molar-refractivity contribution in [2.45, 2.75) is 25.7 Å². The molecule has 1 unspecified atom stereocenters. The minimum Gasteiger partial charge on any atom is -0.329 e. The third-order valence-electron chi connectivity index (χ3n) is 3.17. The molecule has 0 aliphatic heterocycles. The summed E-state index contributed by atoms with van der Waals surface area (Å²) in [5.74, 6) is 0.437. The van der Waals surface area contributed by atoms with Gasteiger partial charge >= 0.3 is 0 Å². The van der Waals surface area contributed by atoms with Crippen molar-refractivity contribution in [3.63, 3.8) is 0 Å². The van der Waals surface area contributed by atoms with Crippen molar-refractivity contribution in [2.75, 3.05) is 6.54 Å². The average molecular weight is 298 g/mol. The molecule has 0 radical (unpaired) electrons. The van der Waals surface area contributed by atoms with Crippen LogP contribution in [0.2, 0.25) is 10.0 Å². The molecular formula is C14H17Cl2N3. The molecule has 0 saturated carbocycles. The van der Waals surface area contributed by atoms with E-state index in [-0.39, 0.29) is 5.92 Å². The number of aromatic nitrogens is 2. The van der Waals surface area contributed by atoms with E-state index in [2.05, 4.69) is 30.1 Å². The average Bonchev–Trinajstić information content (AvgIpc) is 2.84. The summed E-state index contributed by atoms with van der Waals surface area (Å²) in [7, 11) is 0. The maximum Gasteiger partial charge on any atom is 0.0650 e. The molecule has 1 aromatic heterocycles. The summed E-state index contributed by atoms with van der Waals surface area (Å²) in [6.45, 7) is 4.70. The fourth-order valence-electron chi connectivity index (χ4n) is 2.00. The molecule has 0 aliphatic rings. The highest BCUT2D eigenvalue weighted by Crippen LogP contribution is 2.29. The van der Waals surface area contributed by atoms with Crippen molar-refractivity contribution in [1.82, 2.24) is 10.2 Å². The second-order valence-corrected chi connectivity index (χ2v) is 5.68. The molecule has 0 fully saturated rings. The third-order valence-corrected chi connectivity index (χ3v) is 3.91. The highest BCUT2D eigenvalue weighted by atomic mass is 35.5. The Bertz CT molecular complexity index is 564. The first kappa shape index (κ1) is 14.4. The fourth-order valence-corrected chi connectivity index (χ4v) is 2.31. The Morgan fingerprint density at radius 2 is 1.95 bits per heavy atom. The van der Waals surface area contributed by atoms with Crippen LogP contribution in [-0.4, -0.2) is 16.7 Å². The van der Waals surface area contributed by atoms with Gasteiger partial charge in [0.15, 0.2) is 0 Å². The van der Waals surface area contributed by atoms with Gasteiger partial charge in [-0.1, -0.05) is 43.1 Å². The molecule has 0 spiro atoms. The zero-order chi connectivity index (χ0) is 14.0. The summed E-state index contributed by atoms with van der Waals surface area (Å²) >= 11 is 12.0. The lowest BCUT2D eigenvalue weighted by molar-refractivity contribution is 0.772. The Hall–Kier alpha value is -1.03. The molecule has 2 aromatic rings. The molecule has 0 saturated heterocycles.